The molecule has 0 bridgehead atoms. The van der Waals surface area contributed by atoms with E-state index in [-0.39, 0.29) is 17.3 Å². The van der Waals surface area contributed by atoms with Crippen LogP contribution >= 0.6 is 0 Å². The molecule has 0 radical (unpaired) electrons. The van der Waals surface area contributed by atoms with Crippen LogP contribution in [0.15, 0.2) is 30.6 Å². The van der Waals surface area contributed by atoms with Gasteiger partial charge >= 0.3 is 0 Å². The summed E-state index contributed by atoms with van der Waals surface area (Å²) in [4.78, 5) is 33.8. The van der Waals surface area contributed by atoms with Gasteiger partial charge in [0.05, 0.1) is 5.56 Å². The van der Waals surface area contributed by atoms with Gasteiger partial charge in [0.1, 0.15) is 17.0 Å². The zero-order valence-corrected chi connectivity index (χ0v) is 20.6. The van der Waals surface area contributed by atoms with E-state index < -0.39 is 5.67 Å². The van der Waals surface area contributed by atoms with Gasteiger partial charge in [-0.1, -0.05) is 0 Å². The van der Waals surface area contributed by atoms with Crippen molar-refractivity contribution in [3.8, 4) is 0 Å². The van der Waals surface area contributed by atoms with E-state index in [4.69, 9.17) is 10.1 Å². The minimum Gasteiger partial charge on any atom is -0.382 e. The van der Waals surface area contributed by atoms with Crippen molar-refractivity contribution >= 4 is 23.3 Å². The summed E-state index contributed by atoms with van der Waals surface area (Å²) in [6.07, 6.45) is 6.57. The van der Waals surface area contributed by atoms with Crippen LogP contribution in [0.3, 0.4) is 0 Å². The summed E-state index contributed by atoms with van der Waals surface area (Å²) in [5, 5.41) is 8.38. The summed E-state index contributed by atoms with van der Waals surface area (Å²) in [6, 6.07) is 5.40. The third-order valence-corrected chi connectivity index (χ3v) is 6.77. The molecule has 4 rings (SSSR count). The van der Waals surface area contributed by atoms with Gasteiger partial charge in [0.25, 0.3) is 5.91 Å². The number of piperidine rings is 1. The van der Waals surface area contributed by atoms with Gasteiger partial charge < -0.3 is 14.5 Å². The number of pyridine rings is 2. The molecule has 0 aliphatic carbocycles. The van der Waals surface area contributed by atoms with E-state index in [1.807, 2.05) is 24.0 Å². The molecule has 2 aliphatic heterocycles. The van der Waals surface area contributed by atoms with Crippen LogP contribution in [-0.4, -0.2) is 64.8 Å². The number of carbonyl (C=O) groups excluding carboxylic acids is 2. The highest BCUT2D eigenvalue weighted by Crippen LogP contribution is 2.32. The first-order valence-electron chi connectivity index (χ1n) is 12.4. The van der Waals surface area contributed by atoms with E-state index in [2.05, 4.69) is 4.98 Å². The van der Waals surface area contributed by atoms with Crippen molar-refractivity contribution in [2.24, 2.45) is 0 Å². The lowest BCUT2D eigenvalue weighted by Crippen LogP contribution is -2.43. The summed E-state index contributed by atoms with van der Waals surface area (Å²) < 4.78 is 20.8. The molecule has 4 heterocycles. The monoisotopic (exact) mass is 483 g/mol. The summed E-state index contributed by atoms with van der Waals surface area (Å²) in [6.45, 7) is 6.22. The van der Waals surface area contributed by atoms with Gasteiger partial charge in [-0.15, -0.1) is 0 Å². The van der Waals surface area contributed by atoms with Crippen molar-refractivity contribution < 1.29 is 18.7 Å². The van der Waals surface area contributed by atoms with Crippen LogP contribution in [-0.2, 0) is 11.2 Å². The Morgan fingerprint density at radius 1 is 1.23 bits per heavy atom. The Labute approximate surface area is 205 Å². The summed E-state index contributed by atoms with van der Waals surface area (Å²) in [7, 11) is 0. The number of anilines is 2. The molecule has 1 amide bonds. The minimum atomic E-state index is -1.20. The predicted octanol–water partition coefficient (Wildman–Crippen LogP) is 3.87. The van der Waals surface area contributed by atoms with Crippen molar-refractivity contribution in [2.75, 3.05) is 37.7 Å². The molecule has 9 heteroatoms. The van der Waals surface area contributed by atoms with E-state index in [1.165, 1.54) is 4.57 Å². The molecule has 1 saturated heterocycles. The average molecular weight is 484 g/mol. The van der Waals surface area contributed by atoms with Crippen molar-refractivity contribution in [2.45, 2.75) is 58.0 Å². The smallest absolute Gasteiger partial charge is 0.255 e. The van der Waals surface area contributed by atoms with E-state index in [0.717, 1.165) is 36.5 Å². The Kier molecular flexibility index (Phi) is 7.64. The van der Waals surface area contributed by atoms with Crippen LogP contribution in [0, 0.1) is 5.41 Å². The van der Waals surface area contributed by atoms with Crippen LogP contribution in [0.1, 0.15) is 66.7 Å². The molecule has 1 fully saturated rings. The Morgan fingerprint density at radius 3 is 2.71 bits per heavy atom. The number of hydrogen-bond donors (Lipinski definition) is 1. The standard InChI is InChI=1S/C26H34FN5O3/c1-3-35-15-5-7-23(33)32-12-8-21(17-22(32)28)31-11-4-6-19-16-20(18-29-24(19)31)25(34)30-13-9-26(2,27)10-14-30/h8,12,16-18,28H,3-7,9-11,13-15H2,1-2H3. The number of ether oxygens (including phenoxy) is 1. The third kappa shape index (κ3) is 5.78. The summed E-state index contributed by atoms with van der Waals surface area (Å²) >= 11 is 0. The molecule has 0 saturated carbocycles. The van der Waals surface area contributed by atoms with Gasteiger partial charge in [-0.3, -0.25) is 19.6 Å². The largest absolute Gasteiger partial charge is 0.382 e. The first kappa shape index (κ1) is 25.0. The molecule has 188 valence electrons. The minimum absolute atomic E-state index is 0.107. The molecule has 2 aliphatic rings. The number of rotatable bonds is 7. The fourth-order valence-corrected chi connectivity index (χ4v) is 4.66. The number of carbonyl (C=O) groups is 2. The van der Waals surface area contributed by atoms with E-state index >= 15 is 0 Å². The Bertz CT molecular complexity index is 1140. The lowest BCUT2D eigenvalue weighted by atomic mass is 9.95. The number of nitrogens with zero attached hydrogens (tertiary/aromatic N) is 4. The number of nitrogens with one attached hydrogen (secondary N) is 1. The number of aromatic nitrogens is 2. The fraction of sp³-hybridized carbons (Fsp3) is 0.538. The predicted molar refractivity (Wildman–Crippen MR) is 131 cm³/mol. The molecular weight excluding hydrogens is 449 g/mol. The molecule has 35 heavy (non-hydrogen) atoms. The number of amides is 1. The van der Waals surface area contributed by atoms with Crippen molar-refractivity contribution in [1.82, 2.24) is 14.5 Å². The van der Waals surface area contributed by atoms with E-state index in [1.54, 1.807) is 30.3 Å². The van der Waals surface area contributed by atoms with Gasteiger partial charge in [0.15, 0.2) is 0 Å². The number of hydrogen-bond acceptors (Lipinski definition) is 6. The molecule has 2 aromatic rings. The molecule has 0 aromatic carbocycles. The Hall–Kier alpha value is -3.07. The first-order chi connectivity index (χ1) is 16.8. The quantitative estimate of drug-likeness (QED) is 0.604. The SMILES string of the molecule is CCOCCCC(=O)n1ccc(N2CCCc3cc(C(=O)N4CCC(C)(F)CC4)cnc32)cc1=N. The number of fused-ring (bicyclic) bond motifs is 1. The zero-order chi connectivity index (χ0) is 25.0. The van der Waals surface area contributed by atoms with Crippen LogP contribution in [0.5, 0.6) is 0 Å². The van der Waals surface area contributed by atoms with E-state index in [9.17, 15) is 14.0 Å². The maximum Gasteiger partial charge on any atom is 0.255 e. The van der Waals surface area contributed by atoms with Crippen LogP contribution in [0.4, 0.5) is 15.9 Å². The van der Waals surface area contributed by atoms with Gasteiger partial charge in [-0.25, -0.2) is 9.37 Å². The molecular formula is C26H34FN5O3. The Morgan fingerprint density at radius 2 is 2.00 bits per heavy atom. The zero-order valence-electron chi connectivity index (χ0n) is 20.6. The lowest BCUT2D eigenvalue weighted by molar-refractivity contribution is 0.0503. The molecule has 0 atom stereocenters. The third-order valence-electron chi connectivity index (χ3n) is 6.77. The number of alkyl halides is 1. The highest BCUT2D eigenvalue weighted by molar-refractivity contribution is 5.94. The van der Waals surface area contributed by atoms with Crippen molar-refractivity contribution in [3.63, 3.8) is 0 Å². The highest BCUT2D eigenvalue weighted by atomic mass is 19.1. The maximum atomic E-state index is 14.1. The lowest BCUT2D eigenvalue weighted by Gasteiger charge is -2.34. The molecule has 0 unspecified atom stereocenters. The number of halogens is 1. The number of aryl methyl sites for hydroxylation is 1. The second-order valence-corrected chi connectivity index (χ2v) is 9.50. The average Bonchev–Trinajstić information content (AvgIpc) is 2.85. The molecule has 2 aromatic heterocycles. The van der Waals surface area contributed by atoms with Crippen LogP contribution in [0.2, 0.25) is 0 Å². The van der Waals surface area contributed by atoms with Gasteiger partial charge in [0.2, 0.25) is 5.91 Å². The second-order valence-electron chi connectivity index (χ2n) is 9.50. The topological polar surface area (TPSA) is 91.5 Å². The highest BCUT2D eigenvalue weighted by Gasteiger charge is 2.32. The van der Waals surface area contributed by atoms with Gasteiger partial charge in [0, 0.05) is 63.4 Å². The van der Waals surface area contributed by atoms with Crippen molar-refractivity contribution in [1.29, 1.82) is 5.41 Å². The number of likely N-dealkylation sites (tertiary alicyclic amines) is 1. The summed E-state index contributed by atoms with van der Waals surface area (Å²) in [5.41, 5.74) is 1.21. The molecule has 1 N–H and O–H groups in total. The molecule has 0 spiro atoms. The van der Waals surface area contributed by atoms with Gasteiger partial charge in [-0.2, -0.15) is 0 Å². The first-order valence-corrected chi connectivity index (χ1v) is 12.4. The van der Waals surface area contributed by atoms with Crippen LogP contribution < -0.4 is 10.4 Å². The maximum absolute atomic E-state index is 14.1. The molecule has 8 nitrogen and oxygen atoms in total. The normalized spacial score (nSPS) is 17.2. The summed E-state index contributed by atoms with van der Waals surface area (Å²) in [5.74, 6) is 0.528. The van der Waals surface area contributed by atoms with Crippen LogP contribution in [0.25, 0.3) is 0 Å². The van der Waals surface area contributed by atoms with E-state index in [0.29, 0.717) is 57.6 Å². The second kappa shape index (κ2) is 10.7. The Balaban J connectivity index is 1.49. The fourth-order valence-electron chi connectivity index (χ4n) is 4.66. The van der Waals surface area contributed by atoms with Gasteiger partial charge in [-0.05, 0) is 63.6 Å². The van der Waals surface area contributed by atoms with Crippen molar-refractivity contribution in [3.05, 3.63) is 47.2 Å².